The molecule has 0 aromatic carbocycles. The Kier molecular flexibility index (Phi) is 7.15. The lowest BCUT2D eigenvalue weighted by atomic mass is 9.91. The van der Waals surface area contributed by atoms with Crippen molar-refractivity contribution in [1.29, 1.82) is 5.26 Å². The first-order valence-corrected chi connectivity index (χ1v) is 9.89. The Morgan fingerprint density at radius 3 is 2.67 bits per heavy atom. The third-order valence-electron chi connectivity index (χ3n) is 5.57. The van der Waals surface area contributed by atoms with Crippen LogP contribution in [0.15, 0.2) is 18.3 Å². The van der Waals surface area contributed by atoms with Crippen LogP contribution in [0.3, 0.4) is 0 Å². The number of nitriles is 1. The van der Waals surface area contributed by atoms with Crippen molar-refractivity contribution < 1.29 is 32.5 Å². The zero-order valence-corrected chi connectivity index (χ0v) is 16.3. The molecule has 0 amide bonds. The van der Waals surface area contributed by atoms with Crippen LogP contribution in [-0.4, -0.2) is 66.1 Å². The fourth-order valence-corrected chi connectivity index (χ4v) is 3.84. The number of aliphatic carboxylic acids is 1. The summed E-state index contributed by atoms with van der Waals surface area (Å²) >= 11 is 0. The predicted octanol–water partition coefficient (Wildman–Crippen LogP) is 2.71. The van der Waals surface area contributed by atoms with Gasteiger partial charge in [0.15, 0.2) is 0 Å². The number of halogens is 3. The number of fused-ring (bicyclic) bond motifs is 1. The summed E-state index contributed by atoms with van der Waals surface area (Å²) in [7, 11) is 0. The number of ether oxygens (including phenoxy) is 2. The van der Waals surface area contributed by atoms with Crippen LogP contribution < -0.4 is 4.74 Å². The number of likely N-dealkylation sites (tertiary alicyclic amines) is 1. The number of alkyl halides is 3. The minimum atomic E-state index is -5.08. The highest BCUT2D eigenvalue weighted by Crippen LogP contribution is 2.38. The van der Waals surface area contributed by atoms with Crippen molar-refractivity contribution in [3.05, 3.63) is 23.9 Å². The van der Waals surface area contributed by atoms with Crippen LogP contribution in [0.5, 0.6) is 5.88 Å². The first-order chi connectivity index (χ1) is 14.3. The standard InChI is InChI=1S/C18H23N3O2.C2HF3O2/c19-7-14-3-4-18(20-8-14)22-6-5-15-12-23-17-11-21(10-16(15)17)9-13-1-2-13;3-2(4,5)1(6)7/h3-4,8,13,15-17H,1-2,5-6,9-12H2;(H,6,7)/t15-,16-,17-;/m0./s1. The molecule has 1 N–H and O–H groups in total. The first kappa shape index (κ1) is 22.3. The van der Waals surface area contributed by atoms with E-state index in [1.54, 1.807) is 18.3 Å². The van der Waals surface area contributed by atoms with Gasteiger partial charge in [-0.2, -0.15) is 18.4 Å². The molecule has 0 spiro atoms. The zero-order chi connectivity index (χ0) is 21.7. The highest BCUT2D eigenvalue weighted by Gasteiger charge is 2.44. The predicted molar refractivity (Wildman–Crippen MR) is 98.6 cm³/mol. The minimum absolute atomic E-state index is 0.437. The number of aromatic nitrogens is 1. The lowest BCUT2D eigenvalue weighted by molar-refractivity contribution is -0.192. The van der Waals surface area contributed by atoms with Gasteiger partial charge < -0.3 is 19.5 Å². The largest absolute Gasteiger partial charge is 0.490 e. The van der Waals surface area contributed by atoms with E-state index in [1.165, 1.54) is 25.9 Å². The lowest BCUT2D eigenvalue weighted by Gasteiger charge is -2.19. The average molecular weight is 427 g/mol. The maximum absolute atomic E-state index is 10.6. The monoisotopic (exact) mass is 427 g/mol. The Morgan fingerprint density at radius 2 is 2.10 bits per heavy atom. The van der Waals surface area contributed by atoms with Crippen LogP contribution in [0.4, 0.5) is 13.2 Å². The van der Waals surface area contributed by atoms with Crippen LogP contribution in [0, 0.1) is 29.1 Å². The number of hydrogen-bond donors (Lipinski definition) is 1. The van der Waals surface area contributed by atoms with E-state index in [4.69, 9.17) is 24.6 Å². The molecule has 7 nitrogen and oxygen atoms in total. The fraction of sp³-hybridized carbons (Fsp3) is 0.650. The number of nitrogens with zero attached hydrogens (tertiary/aromatic N) is 3. The molecule has 4 rings (SSSR count). The molecule has 164 valence electrons. The van der Waals surface area contributed by atoms with E-state index < -0.39 is 12.1 Å². The number of carboxylic acids is 1. The summed E-state index contributed by atoms with van der Waals surface area (Å²) < 4.78 is 43.5. The van der Waals surface area contributed by atoms with Gasteiger partial charge in [0.05, 0.1) is 24.9 Å². The molecular formula is C20H24F3N3O4. The second kappa shape index (κ2) is 9.62. The molecule has 1 aromatic heterocycles. The van der Waals surface area contributed by atoms with Crippen molar-refractivity contribution in [2.24, 2.45) is 17.8 Å². The smallest absolute Gasteiger partial charge is 0.478 e. The van der Waals surface area contributed by atoms with Crippen molar-refractivity contribution in [2.75, 3.05) is 32.8 Å². The Balaban J connectivity index is 0.000000318. The van der Waals surface area contributed by atoms with E-state index in [-0.39, 0.29) is 0 Å². The van der Waals surface area contributed by atoms with Gasteiger partial charge in [0, 0.05) is 37.8 Å². The SMILES string of the molecule is N#Cc1ccc(OCC[C@H]2CO[C@H]3CN(CC4CC4)C[C@@H]23)nc1.O=C(O)C(F)(F)F. The van der Waals surface area contributed by atoms with Gasteiger partial charge in [0.1, 0.15) is 6.07 Å². The normalized spacial score (nSPS) is 25.7. The molecule has 0 bridgehead atoms. The number of carbonyl (C=O) groups is 1. The van der Waals surface area contributed by atoms with E-state index in [9.17, 15) is 13.2 Å². The molecule has 1 aromatic rings. The number of pyridine rings is 1. The molecule has 3 fully saturated rings. The average Bonchev–Trinajstić information content (AvgIpc) is 3.30. The van der Waals surface area contributed by atoms with Gasteiger partial charge in [-0.15, -0.1) is 0 Å². The molecule has 3 aliphatic rings. The third-order valence-corrected chi connectivity index (χ3v) is 5.57. The molecule has 2 aliphatic heterocycles. The summed E-state index contributed by atoms with van der Waals surface area (Å²) in [5.41, 5.74) is 0.561. The van der Waals surface area contributed by atoms with E-state index in [2.05, 4.69) is 16.0 Å². The Labute approximate surface area is 172 Å². The van der Waals surface area contributed by atoms with Gasteiger partial charge in [0.25, 0.3) is 0 Å². The first-order valence-electron chi connectivity index (χ1n) is 9.89. The van der Waals surface area contributed by atoms with Crippen LogP contribution >= 0.6 is 0 Å². The van der Waals surface area contributed by atoms with Crippen LogP contribution in [0.25, 0.3) is 0 Å². The zero-order valence-electron chi connectivity index (χ0n) is 16.3. The molecule has 2 saturated heterocycles. The maximum atomic E-state index is 10.6. The van der Waals surface area contributed by atoms with Crippen molar-refractivity contribution in [3.8, 4) is 11.9 Å². The highest BCUT2D eigenvalue weighted by molar-refractivity contribution is 5.73. The minimum Gasteiger partial charge on any atom is -0.478 e. The summed E-state index contributed by atoms with van der Waals surface area (Å²) in [4.78, 5) is 15.6. The number of hydrogen-bond acceptors (Lipinski definition) is 6. The maximum Gasteiger partial charge on any atom is 0.490 e. The van der Waals surface area contributed by atoms with E-state index in [0.717, 1.165) is 25.5 Å². The van der Waals surface area contributed by atoms with Crippen molar-refractivity contribution in [2.45, 2.75) is 31.5 Å². The van der Waals surface area contributed by atoms with Gasteiger partial charge >= 0.3 is 12.1 Å². The van der Waals surface area contributed by atoms with Crippen molar-refractivity contribution in [1.82, 2.24) is 9.88 Å². The van der Waals surface area contributed by atoms with Crippen LogP contribution in [0.1, 0.15) is 24.8 Å². The van der Waals surface area contributed by atoms with Gasteiger partial charge in [-0.05, 0) is 37.2 Å². The molecule has 1 aliphatic carbocycles. The fourth-order valence-electron chi connectivity index (χ4n) is 3.84. The molecule has 10 heteroatoms. The topological polar surface area (TPSA) is 95.7 Å². The van der Waals surface area contributed by atoms with Gasteiger partial charge in [0.2, 0.25) is 5.88 Å². The Bertz CT molecular complexity index is 762. The van der Waals surface area contributed by atoms with Gasteiger partial charge in [-0.25, -0.2) is 9.78 Å². The van der Waals surface area contributed by atoms with Crippen LogP contribution in [0.2, 0.25) is 0 Å². The molecule has 30 heavy (non-hydrogen) atoms. The number of rotatable bonds is 6. The summed E-state index contributed by atoms with van der Waals surface area (Å²) in [6, 6.07) is 5.57. The van der Waals surface area contributed by atoms with Crippen molar-refractivity contribution >= 4 is 5.97 Å². The molecule has 3 heterocycles. The van der Waals surface area contributed by atoms with E-state index >= 15 is 0 Å². The summed E-state index contributed by atoms with van der Waals surface area (Å²) in [5.74, 6) is 0.0701. The summed E-state index contributed by atoms with van der Waals surface area (Å²) in [5, 5.41) is 15.9. The molecule has 0 radical (unpaired) electrons. The molecule has 0 unspecified atom stereocenters. The summed E-state index contributed by atoms with van der Waals surface area (Å²) in [6.45, 7) is 5.13. The number of carboxylic acid groups (broad SMARTS) is 1. The Morgan fingerprint density at radius 1 is 1.37 bits per heavy atom. The van der Waals surface area contributed by atoms with Gasteiger partial charge in [-0.1, -0.05) is 0 Å². The van der Waals surface area contributed by atoms with Crippen molar-refractivity contribution in [3.63, 3.8) is 0 Å². The molecule has 3 atom stereocenters. The highest BCUT2D eigenvalue weighted by atomic mass is 19.4. The molecule has 1 saturated carbocycles. The second-order valence-corrected chi connectivity index (χ2v) is 7.89. The molecular weight excluding hydrogens is 403 g/mol. The lowest BCUT2D eigenvalue weighted by Crippen LogP contribution is -2.27. The third kappa shape index (κ3) is 6.31. The van der Waals surface area contributed by atoms with E-state index in [1.807, 2.05) is 0 Å². The Hall–Kier alpha value is -2.38. The van der Waals surface area contributed by atoms with E-state index in [0.29, 0.717) is 36.0 Å². The summed E-state index contributed by atoms with van der Waals surface area (Å²) in [6.07, 6.45) is 0.756. The second-order valence-electron chi connectivity index (χ2n) is 7.89. The van der Waals surface area contributed by atoms with Gasteiger partial charge in [-0.3, -0.25) is 0 Å². The van der Waals surface area contributed by atoms with Crippen LogP contribution in [-0.2, 0) is 9.53 Å². The quantitative estimate of drug-likeness (QED) is 0.746.